The second-order valence-electron chi connectivity index (χ2n) is 4.77. The van der Waals surface area contributed by atoms with E-state index in [4.69, 9.17) is 4.74 Å². The molecule has 2 nitrogen and oxygen atoms in total. The van der Waals surface area contributed by atoms with Crippen LogP contribution in [0.3, 0.4) is 0 Å². The number of benzene rings is 1. The first kappa shape index (κ1) is 14.1. The number of rotatable bonds is 3. The Kier molecular flexibility index (Phi) is 4.84. The van der Waals surface area contributed by atoms with Gasteiger partial charge in [-0.1, -0.05) is 22.9 Å². The zero-order chi connectivity index (χ0) is 13.1. The van der Waals surface area contributed by atoms with Crippen molar-refractivity contribution in [3.05, 3.63) is 22.2 Å². The van der Waals surface area contributed by atoms with Crippen molar-refractivity contribution in [1.29, 1.82) is 0 Å². The summed E-state index contributed by atoms with van der Waals surface area (Å²) in [5, 5.41) is 4.34. The Labute approximate surface area is 122 Å². The zero-order valence-corrected chi connectivity index (χ0v) is 13.5. The Morgan fingerprint density at radius 3 is 2.89 bits per heavy atom. The fourth-order valence-electron chi connectivity index (χ4n) is 2.36. The quantitative estimate of drug-likeness (QED) is 0.884. The maximum absolute atomic E-state index is 5.48. The first-order valence-electron chi connectivity index (χ1n) is 6.34. The molecule has 1 aliphatic heterocycles. The van der Waals surface area contributed by atoms with E-state index < -0.39 is 0 Å². The Balaban J connectivity index is 2.22. The molecular formula is C14H20BrNOS. The van der Waals surface area contributed by atoms with E-state index in [2.05, 4.69) is 52.9 Å². The highest BCUT2D eigenvalue weighted by Gasteiger charge is 2.23. The van der Waals surface area contributed by atoms with E-state index in [1.165, 1.54) is 24.2 Å². The highest BCUT2D eigenvalue weighted by atomic mass is 79.9. The molecule has 1 fully saturated rings. The van der Waals surface area contributed by atoms with Gasteiger partial charge in [0.15, 0.2) is 0 Å². The lowest BCUT2D eigenvalue weighted by Crippen LogP contribution is -2.33. The van der Waals surface area contributed by atoms with Gasteiger partial charge < -0.3 is 10.1 Å². The molecule has 0 aromatic heterocycles. The van der Waals surface area contributed by atoms with Crippen LogP contribution in [0.5, 0.6) is 5.75 Å². The van der Waals surface area contributed by atoms with E-state index in [0.29, 0.717) is 11.3 Å². The Morgan fingerprint density at radius 1 is 1.44 bits per heavy atom. The molecular weight excluding hydrogens is 310 g/mol. The molecule has 1 N–H and O–H groups in total. The predicted molar refractivity (Wildman–Crippen MR) is 84.0 cm³/mol. The lowest BCUT2D eigenvalue weighted by atomic mass is 10.1. The third-order valence-electron chi connectivity index (χ3n) is 3.42. The van der Waals surface area contributed by atoms with Crippen LogP contribution >= 0.6 is 27.7 Å². The summed E-state index contributed by atoms with van der Waals surface area (Å²) in [6.07, 6.45) is 2.54. The molecule has 0 bridgehead atoms. The van der Waals surface area contributed by atoms with Gasteiger partial charge in [-0.3, -0.25) is 0 Å². The molecule has 0 saturated carbocycles. The summed E-state index contributed by atoms with van der Waals surface area (Å²) in [7, 11) is 1.73. The van der Waals surface area contributed by atoms with Crippen LogP contribution in [-0.2, 0) is 0 Å². The number of ether oxygens (including phenoxy) is 1. The molecule has 1 aliphatic rings. The summed E-state index contributed by atoms with van der Waals surface area (Å²) >= 11 is 5.57. The molecule has 4 heteroatoms. The molecule has 0 radical (unpaired) electrons. The number of halogens is 1. The number of anilines is 1. The van der Waals surface area contributed by atoms with Crippen molar-refractivity contribution >= 4 is 33.4 Å². The maximum atomic E-state index is 5.48. The molecule has 1 heterocycles. The van der Waals surface area contributed by atoms with E-state index in [-0.39, 0.29) is 0 Å². The second kappa shape index (κ2) is 6.20. The van der Waals surface area contributed by atoms with Gasteiger partial charge in [0.1, 0.15) is 5.75 Å². The smallest absolute Gasteiger partial charge is 0.143 e. The van der Waals surface area contributed by atoms with Crippen LogP contribution in [0.1, 0.15) is 25.3 Å². The number of hydrogen-bond donors (Lipinski definition) is 1. The van der Waals surface area contributed by atoms with Gasteiger partial charge >= 0.3 is 0 Å². The number of aryl methyl sites for hydroxylation is 1. The van der Waals surface area contributed by atoms with Crippen molar-refractivity contribution in [3.63, 3.8) is 0 Å². The summed E-state index contributed by atoms with van der Waals surface area (Å²) in [6.45, 7) is 4.43. The molecule has 0 aliphatic carbocycles. The zero-order valence-electron chi connectivity index (χ0n) is 11.1. The lowest BCUT2D eigenvalue weighted by Gasteiger charge is -2.31. The maximum Gasteiger partial charge on any atom is 0.143 e. The van der Waals surface area contributed by atoms with Gasteiger partial charge in [-0.25, -0.2) is 0 Å². The van der Waals surface area contributed by atoms with E-state index >= 15 is 0 Å². The number of thioether (sulfide) groups is 1. The van der Waals surface area contributed by atoms with E-state index in [9.17, 15) is 0 Å². The average molecular weight is 330 g/mol. The van der Waals surface area contributed by atoms with Gasteiger partial charge in [-0.05, 0) is 43.2 Å². The molecule has 1 aromatic carbocycles. The third kappa shape index (κ3) is 3.15. The first-order chi connectivity index (χ1) is 8.61. The van der Waals surface area contributed by atoms with E-state index in [0.717, 1.165) is 15.9 Å². The molecule has 18 heavy (non-hydrogen) atoms. The van der Waals surface area contributed by atoms with Crippen molar-refractivity contribution in [2.75, 3.05) is 18.2 Å². The standard InChI is InChI=1S/C14H20BrNOS/c1-9-7-11(15)8-13(17-3)14(9)16-12-5-4-6-18-10(12)2/h7-8,10,12,16H,4-6H2,1-3H3. The molecule has 1 aromatic rings. The number of nitrogens with one attached hydrogen (secondary N) is 1. The van der Waals surface area contributed by atoms with Gasteiger partial charge in [0.2, 0.25) is 0 Å². The highest BCUT2D eigenvalue weighted by Crippen LogP contribution is 2.35. The minimum atomic E-state index is 0.539. The van der Waals surface area contributed by atoms with Crippen molar-refractivity contribution in [2.45, 2.75) is 38.0 Å². The Bertz CT molecular complexity index is 425. The van der Waals surface area contributed by atoms with Crippen molar-refractivity contribution in [2.24, 2.45) is 0 Å². The highest BCUT2D eigenvalue weighted by molar-refractivity contribution is 9.10. The van der Waals surface area contributed by atoms with Crippen LogP contribution in [0.2, 0.25) is 0 Å². The molecule has 2 atom stereocenters. The molecule has 0 spiro atoms. The Hall–Kier alpha value is -0.350. The van der Waals surface area contributed by atoms with Gasteiger partial charge in [-0.2, -0.15) is 11.8 Å². The van der Waals surface area contributed by atoms with Gasteiger partial charge in [-0.15, -0.1) is 0 Å². The van der Waals surface area contributed by atoms with Gasteiger partial charge in [0, 0.05) is 15.8 Å². The third-order valence-corrected chi connectivity index (χ3v) is 5.26. The van der Waals surface area contributed by atoms with E-state index in [1.54, 1.807) is 7.11 Å². The van der Waals surface area contributed by atoms with Crippen LogP contribution in [0.15, 0.2) is 16.6 Å². The topological polar surface area (TPSA) is 21.3 Å². The summed E-state index contributed by atoms with van der Waals surface area (Å²) in [4.78, 5) is 0. The van der Waals surface area contributed by atoms with Crippen LogP contribution in [-0.4, -0.2) is 24.2 Å². The predicted octanol–water partition coefficient (Wildman–Crippen LogP) is 4.46. The van der Waals surface area contributed by atoms with Crippen molar-refractivity contribution in [3.8, 4) is 5.75 Å². The fraction of sp³-hybridized carbons (Fsp3) is 0.571. The SMILES string of the molecule is COc1cc(Br)cc(C)c1NC1CCCSC1C. The van der Waals surface area contributed by atoms with Crippen molar-refractivity contribution < 1.29 is 4.74 Å². The fourth-order valence-corrected chi connectivity index (χ4v) is 4.05. The van der Waals surface area contributed by atoms with Crippen LogP contribution in [0, 0.1) is 6.92 Å². The molecule has 100 valence electrons. The first-order valence-corrected chi connectivity index (χ1v) is 8.18. The largest absolute Gasteiger partial charge is 0.495 e. The van der Waals surface area contributed by atoms with Gasteiger partial charge in [0.25, 0.3) is 0 Å². The number of methoxy groups -OCH3 is 1. The molecule has 2 unspecified atom stereocenters. The monoisotopic (exact) mass is 329 g/mol. The van der Waals surface area contributed by atoms with Crippen LogP contribution in [0.25, 0.3) is 0 Å². The normalized spacial score (nSPS) is 23.8. The van der Waals surface area contributed by atoms with Crippen LogP contribution in [0.4, 0.5) is 5.69 Å². The minimum absolute atomic E-state index is 0.539. The molecule has 2 rings (SSSR count). The summed E-state index contributed by atoms with van der Waals surface area (Å²) in [5.74, 6) is 2.21. The minimum Gasteiger partial charge on any atom is -0.495 e. The van der Waals surface area contributed by atoms with Crippen LogP contribution < -0.4 is 10.1 Å². The molecule has 1 saturated heterocycles. The number of hydrogen-bond acceptors (Lipinski definition) is 3. The Morgan fingerprint density at radius 2 is 2.22 bits per heavy atom. The van der Waals surface area contributed by atoms with Gasteiger partial charge in [0.05, 0.1) is 12.8 Å². The van der Waals surface area contributed by atoms with E-state index in [1.807, 2.05) is 6.07 Å². The average Bonchev–Trinajstić information content (AvgIpc) is 2.34. The summed E-state index contributed by atoms with van der Waals surface area (Å²) in [6, 6.07) is 4.69. The summed E-state index contributed by atoms with van der Waals surface area (Å²) < 4.78 is 6.55. The second-order valence-corrected chi connectivity index (χ2v) is 7.17. The summed E-state index contributed by atoms with van der Waals surface area (Å²) in [5.41, 5.74) is 2.36. The van der Waals surface area contributed by atoms with Crippen molar-refractivity contribution in [1.82, 2.24) is 0 Å². The lowest BCUT2D eigenvalue weighted by molar-refractivity contribution is 0.415. The molecule has 0 amide bonds.